The Morgan fingerprint density at radius 3 is 1.95 bits per heavy atom. The van der Waals surface area contributed by atoms with Crippen molar-refractivity contribution < 1.29 is 13.6 Å². The summed E-state index contributed by atoms with van der Waals surface area (Å²) in [5, 5.41) is 2.74. The minimum atomic E-state index is -2.91. The second-order valence-electron chi connectivity index (χ2n) is 7.49. The van der Waals surface area contributed by atoms with E-state index in [2.05, 4.69) is 5.32 Å². The van der Waals surface area contributed by atoms with Crippen molar-refractivity contribution in [1.82, 2.24) is 0 Å². The van der Waals surface area contributed by atoms with Gasteiger partial charge >= 0.3 is 0 Å². The van der Waals surface area contributed by atoms with E-state index in [9.17, 15) is 13.6 Å². The quantitative estimate of drug-likeness (QED) is 0.754. The van der Waals surface area contributed by atoms with Crippen LogP contribution >= 0.6 is 0 Å². The van der Waals surface area contributed by atoms with E-state index in [0.29, 0.717) is 18.5 Å². The maximum absolute atomic E-state index is 14.6. The molecule has 0 bridgehead atoms. The van der Waals surface area contributed by atoms with E-state index in [1.165, 1.54) is 24.3 Å². The zero-order valence-electron chi connectivity index (χ0n) is 14.4. The van der Waals surface area contributed by atoms with Crippen molar-refractivity contribution in [3.63, 3.8) is 0 Å². The Balaban J connectivity index is 2.95. The van der Waals surface area contributed by atoms with Crippen LogP contribution < -0.4 is 5.32 Å². The third-order valence-corrected chi connectivity index (χ3v) is 3.91. The zero-order chi connectivity index (χ0) is 17.2. The lowest BCUT2D eigenvalue weighted by atomic mass is 9.78. The van der Waals surface area contributed by atoms with Gasteiger partial charge in [0.1, 0.15) is 0 Å². The van der Waals surface area contributed by atoms with Crippen LogP contribution in [0.2, 0.25) is 0 Å². The van der Waals surface area contributed by atoms with E-state index in [-0.39, 0.29) is 11.5 Å². The Labute approximate surface area is 132 Å². The lowest BCUT2D eigenvalue weighted by Crippen LogP contribution is -2.34. The Morgan fingerprint density at radius 1 is 1.05 bits per heavy atom. The molecule has 4 heteroatoms. The molecule has 22 heavy (non-hydrogen) atoms. The van der Waals surface area contributed by atoms with Crippen molar-refractivity contribution in [3.8, 4) is 0 Å². The average molecular weight is 311 g/mol. The standard InChI is InChI=1S/C18H27F2NO/c1-7-12-17(5,6)18(19,20)13-8-10-14(11-9-13)21-15(22)16(2,3)4/h8-11H,7,12H2,1-6H3,(H,21,22). The molecule has 0 unspecified atom stereocenters. The summed E-state index contributed by atoms with van der Waals surface area (Å²) >= 11 is 0. The number of nitrogens with one attached hydrogen (secondary N) is 1. The predicted molar refractivity (Wildman–Crippen MR) is 87.1 cm³/mol. The molecule has 0 heterocycles. The van der Waals surface area contributed by atoms with Crippen LogP contribution in [0.25, 0.3) is 0 Å². The summed E-state index contributed by atoms with van der Waals surface area (Å²) < 4.78 is 29.2. The Hall–Kier alpha value is -1.45. The molecular weight excluding hydrogens is 284 g/mol. The van der Waals surface area contributed by atoms with Gasteiger partial charge in [-0.05, 0) is 18.6 Å². The van der Waals surface area contributed by atoms with E-state index in [1.807, 2.05) is 6.92 Å². The molecule has 0 saturated carbocycles. The molecule has 0 aliphatic carbocycles. The fourth-order valence-electron chi connectivity index (χ4n) is 2.25. The van der Waals surface area contributed by atoms with Crippen molar-refractivity contribution in [2.45, 2.75) is 60.3 Å². The first-order valence-corrected chi connectivity index (χ1v) is 7.71. The molecule has 2 nitrogen and oxygen atoms in total. The van der Waals surface area contributed by atoms with Gasteiger partial charge in [-0.1, -0.05) is 60.1 Å². The third-order valence-electron chi connectivity index (χ3n) is 3.91. The lowest BCUT2D eigenvalue weighted by molar-refractivity contribution is -0.123. The number of carbonyl (C=O) groups is 1. The van der Waals surface area contributed by atoms with Crippen LogP contribution in [0, 0.1) is 10.8 Å². The van der Waals surface area contributed by atoms with Gasteiger partial charge in [-0.3, -0.25) is 4.79 Å². The van der Waals surface area contributed by atoms with Gasteiger partial charge in [0.15, 0.2) is 0 Å². The molecule has 1 rings (SSSR count). The second kappa shape index (κ2) is 6.35. The fourth-order valence-corrected chi connectivity index (χ4v) is 2.25. The highest BCUT2D eigenvalue weighted by Gasteiger charge is 2.47. The van der Waals surface area contributed by atoms with Crippen molar-refractivity contribution >= 4 is 11.6 Å². The minimum Gasteiger partial charge on any atom is -0.326 e. The minimum absolute atomic E-state index is 0.0142. The summed E-state index contributed by atoms with van der Waals surface area (Å²) in [6.45, 7) is 10.5. The number of benzene rings is 1. The fraction of sp³-hybridized carbons (Fsp3) is 0.611. The zero-order valence-corrected chi connectivity index (χ0v) is 14.4. The summed E-state index contributed by atoms with van der Waals surface area (Å²) in [6, 6.07) is 5.87. The normalized spacial score (nSPS) is 13.1. The number of amides is 1. The first-order valence-electron chi connectivity index (χ1n) is 7.71. The van der Waals surface area contributed by atoms with E-state index in [1.54, 1.807) is 34.6 Å². The molecule has 1 amide bonds. The van der Waals surface area contributed by atoms with Crippen LogP contribution in [0.3, 0.4) is 0 Å². The van der Waals surface area contributed by atoms with Gasteiger partial charge in [-0.2, -0.15) is 0 Å². The van der Waals surface area contributed by atoms with Gasteiger partial charge in [0, 0.05) is 22.1 Å². The highest BCUT2D eigenvalue weighted by atomic mass is 19.3. The highest BCUT2D eigenvalue weighted by molar-refractivity contribution is 5.94. The topological polar surface area (TPSA) is 29.1 Å². The Bertz CT molecular complexity index is 513. The molecule has 0 radical (unpaired) electrons. The van der Waals surface area contributed by atoms with Crippen molar-refractivity contribution in [1.29, 1.82) is 0 Å². The first-order chi connectivity index (χ1) is 9.91. The molecule has 1 N–H and O–H groups in total. The van der Waals surface area contributed by atoms with Crippen LogP contribution in [-0.2, 0) is 10.7 Å². The van der Waals surface area contributed by atoms with Crippen molar-refractivity contribution in [2.24, 2.45) is 10.8 Å². The summed E-state index contributed by atoms with van der Waals surface area (Å²) in [7, 11) is 0. The van der Waals surface area contributed by atoms with E-state index in [0.717, 1.165) is 0 Å². The van der Waals surface area contributed by atoms with Gasteiger partial charge in [-0.25, -0.2) is 8.78 Å². The smallest absolute Gasteiger partial charge is 0.278 e. The summed E-state index contributed by atoms with van der Waals surface area (Å²) in [6.07, 6.45) is 1.16. The molecular formula is C18H27F2NO. The van der Waals surface area contributed by atoms with E-state index >= 15 is 0 Å². The molecule has 0 atom stereocenters. The maximum Gasteiger partial charge on any atom is 0.278 e. The number of rotatable bonds is 5. The monoisotopic (exact) mass is 311 g/mol. The highest BCUT2D eigenvalue weighted by Crippen LogP contribution is 2.47. The Kier molecular flexibility index (Phi) is 5.37. The average Bonchev–Trinajstić information content (AvgIpc) is 2.38. The van der Waals surface area contributed by atoms with E-state index in [4.69, 9.17) is 0 Å². The molecule has 0 aromatic heterocycles. The number of hydrogen-bond donors (Lipinski definition) is 1. The van der Waals surface area contributed by atoms with Gasteiger partial charge in [0.2, 0.25) is 5.91 Å². The van der Waals surface area contributed by atoms with Gasteiger partial charge < -0.3 is 5.32 Å². The van der Waals surface area contributed by atoms with Crippen LogP contribution in [-0.4, -0.2) is 5.91 Å². The van der Waals surface area contributed by atoms with Crippen LogP contribution in [0.4, 0.5) is 14.5 Å². The van der Waals surface area contributed by atoms with E-state index < -0.39 is 16.8 Å². The van der Waals surface area contributed by atoms with Crippen molar-refractivity contribution in [3.05, 3.63) is 29.8 Å². The van der Waals surface area contributed by atoms with Crippen LogP contribution in [0.15, 0.2) is 24.3 Å². The van der Waals surface area contributed by atoms with Gasteiger partial charge in [-0.15, -0.1) is 0 Å². The summed E-state index contributed by atoms with van der Waals surface area (Å²) in [5.74, 6) is -3.05. The van der Waals surface area contributed by atoms with Gasteiger partial charge in [0.25, 0.3) is 5.92 Å². The second-order valence-corrected chi connectivity index (χ2v) is 7.49. The molecule has 124 valence electrons. The molecule has 1 aromatic carbocycles. The van der Waals surface area contributed by atoms with Gasteiger partial charge in [0.05, 0.1) is 0 Å². The first kappa shape index (κ1) is 18.6. The van der Waals surface area contributed by atoms with Crippen LogP contribution in [0.1, 0.15) is 59.9 Å². The summed E-state index contributed by atoms with van der Waals surface area (Å²) in [5.41, 5.74) is -1.10. The number of anilines is 1. The number of alkyl halides is 2. The number of halogens is 2. The Morgan fingerprint density at radius 2 is 1.55 bits per heavy atom. The molecule has 0 aliphatic rings. The number of hydrogen-bond acceptors (Lipinski definition) is 1. The number of carbonyl (C=O) groups excluding carboxylic acids is 1. The molecule has 1 aromatic rings. The third kappa shape index (κ3) is 4.05. The molecule has 0 aliphatic heterocycles. The maximum atomic E-state index is 14.6. The largest absolute Gasteiger partial charge is 0.326 e. The lowest BCUT2D eigenvalue weighted by Gasteiger charge is -2.34. The molecule has 0 saturated heterocycles. The predicted octanol–water partition coefficient (Wildman–Crippen LogP) is 5.59. The molecule has 0 spiro atoms. The van der Waals surface area contributed by atoms with Crippen molar-refractivity contribution in [2.75, 3.05) is 5.32 Å². The van der Waals surface area contributed by atoms with Crippen LogP contribution in [0.5, 0.6) is 0 Å². The summed E-state index contributed by atoms with van der Waals surface area (Å²) in [4.78, 5) is 11.9. The molecule has 0 fully saturated rings. The SMILES string of the molecule is CCCC(C)(C)C(F)(F)c1ccc(NC(=O)C(C)(C)C)cc1.